The van der Waals surface area contributed by atoms with Gasteiger partial charge in [-0.3, -0.25) is 14.6 Å². The third kappa shape index (κ3) is 4.07. The van der Waals surface area contributed by atoms with Crippen LogP contribution in [0, 0.1) is 0 Å². The zero-order valence-corrected chi connectivity index (χ0v) is 16.1. The Morgan fingerprint density at radius 3 is 2.62 bits per heavy atom. The lowest BCUT2D eigenvalue weighted by atomic mass is 10.1. The molecular weight excluding hydrogens is 360 g/mol. The summed E-state index contributed by atoms with van der Waals surface area (Å²) in [5.74, 6) is 0.779. The molecule has 0 radical (unpaired) electrons. The van der Waals surface area contributed by atoms with Crippen LogP contribution >= 0.6 is 0 Å². The summed E-state index contributed by atoms with van der Waals surface area (Å²) in [4.78, 5) is 15.9. The number of benzene rings is 1. The Hall–Kier alpha value is -3.38. The van der Waals surface area contributed by atoms with Gasteiger partial charge in [0.05, 0.1) is 18.4 Å². The van der Waals surface area contributed by atoms with Gasteiger partial charge in [-0.1, -0.05) is 30.3 Å². The van der Waals surface area contributed by atoms with Gasteiger partial charge in [0.25, 0.3) is 0 Å². The zero-order valence-electron chi connectivity index (χ0n) is 16.1. The van der Waals surface area contributed by atoms with Crippen LogP contribution in [0.1, 0.15) is 22.4 Å². The molecule has 0 atom stereocenters. The summed E-state index contributed by atoms with van der Waals surface area (Å²) >= 11 is 0. The second kappa shape index (κ2) is 7.93. The minimum Gasteiger partial charge on any atom is -0.294 e. The summed E-state index contributed by atoms with van der Waals surface area (Å²) in [5, 5.41) is 4.53. The molecule has 6 heteroatoms. The fourth-order valence-corrected chi connectivity index (χ4v) is 3.75. The van der Waals surface area contributed by atoms with Gasteiger partial charge in [0.15, 0.2) is 5.82 Å². The molecule has 1 aliphatic rings. The molecule has 0 unspecified atom stereocenters. The van der Waals surface area contributed by atoms with Crippen molar-refractivity contribution in [1.29, 1.82) is 0 Å². The van der Waals surface area contributed by atoms with E-state index in [0.29, 0.717) is 0 Å². The minimum atomic E-state index is 0.779. The van der Waals surface area contributed by atoms with E-state index in [1.54, 1.807) is 12.4 Å². The molecule has 0 bridgehead atoms. The van der Waals surface area contributed by atoms with Crippen LogP contribution in [-0.4, -0.2) is 36.2 Å². The van der Waals surface area contributed by atoms with Gasteiger partial charge in [-0.15, -0.1) is 0 Å². The van der Waals surface area contributed by atoms with E-state index >= 15 is 0 Å². The van der Waals surface area contributed by atoms with E-state index in [9.17, 15) is 0 Å². The van der Waals surface area contributed by atoms with E-state index in [1.807, 2.05) is 35.3 Å². The predicted molar refractivity (Wildman–Crippen MR) is 111 cm³/mol. The van der Waals surface area contributed by atoms with Crippen molar-refractivity contribution in [3.05, 3.63) is 95.8 Å². The average Bonchev–Trinajstić information content (AvgIpc) is 3.21. The van der Waals surface area contributed by atoms with Gasteiger partial charge < -0.3 is 0 Å². The second-order valence-corrected chi connectivity index (χ2v) is 7.39. The smallest absolute Gasteiger partial charge is 0.159 e. The van der Waals surface area contributed by atoms with Gasteiger partial charge in [0.2, 0.25) is 0 Å². The molecule has 0 aliphatic carbocycles. The Labute approximate surface area is 169 Å². The van der Waals surface area contributed by atoms with Crippen molar-refractivity contribution in [3.8, 4) is 11.4 Å². The molecule has 0 saturated carbocycles. The van der Waals surface area contributed by atoms with Crippen LogP contribution in [0.25, 0.3) is 11.4 Å². The lowest BCUT2D eigenvalue weighted by Gasteiger charge is -2.27. The molecule has 0 amide bonds. The van der Waals surface area contributed by atoms with Gasteiger partial charge in [-0.25, -0.2) is 9.97 Å². The number of aromatic nitrogens is 5. The van der Waals surface area contributed by atoms with Gasteiger partial charge in [0, 0.05) is 67.5 Å². The van der Waals surface area contributed by atoms with Crippen LogP contribution in [0.15, 0.2) is 73.4 Å². The number of rotatable bonds is 5. The molecule has 0 fully saturated rings. The molecule has 1 aliphatic heterocycles. The molecule has 144 valence electrons. The van der Waals surface area contributed by atoms with Crippen LogP contribution in [0.3, 0.4) is 0 Å². The first kappa shape index (κ1) is 17.7. The predicted octanol–water partition coefficient (Wildman–Crippen LogP) is 3.34. The van der Waals surface area contributed by atoms with Crippen molar-refractivity contribution in [2.24, 2.45) is 0 Å². The van der Waals surface area contributed by atoms with Gasteiger partial charge >= 0.3 is 0 Å². The highest BCUT2D eigenvalue weighted by molar-refractivity contribution is 5.54. The van der Waals surface area contributed by atoms with E-state index in [-0.39, 0.29) is 0 Å². The summed E-state index contributed by atoms with van der Waals surface area (Å²) in [5.41, 5.74) is 5.87. The molecule has 4 heterocycles. The van der Waals surface area contributed by atoms with E-state index in [2.05, 4.69) is 50.4 Å². The SMILES string of the molecule is c1ccc(Cn2cc(CN3CCc4nc(-c5ccncc5)ncc4C3)cn2)cc1. The van der Waals surface area contributed by atoms with E-state index in [0.717, 1.165) is 49.7 Å². The summed E-state index contributed by atoms with van der Waals surface area (Å²) in [6.45, 7) is 3.55. The first-order valence-corrected chi connectivity index (χ1v) is 9.86. The maximum absolute atomic E-state index is 4.79. The molecule has 0 spiro atoms. The topological polar surface area (TPSA) is 59.7 Å². The highest BCUT2D eigenvalue weighted by Gasteiger charge is 2.19. The average molecular weight is 382 g/mol. The Kier molecular flexibility index (Phi) is 4.84. The molecule has 5 rings (SSSR count). The molecule has 3 aromatic heterocycles. The molecule has 0 saturated heterocycles. The highest BCUT2D eigenvalue weighted by atomic mass is 15.3. The fourth-order valence-electron chi connectivity index (χ4n) is 3.75. The first-order chi connectivity index (χ1) is 14.3. The van der Waals surface area contributed by atoms with Crippen molar-refractivity contribution in [2.75, 3.05) is 6.54 Å². The lowest BCUT2D eigenvalue weighted by molar-refractivity contribution is 0.243. The lowest BCUT2D eigenvalue weighted by Crippen LogP contribution is -2.30. The number of fused-ring (bicyclic) bond motifs is 1. The van der Waals surface area contributed by atoms with Gasteiger partial charge in [-0.05, 0) is 17.7 Å². The van der Waals surface area contributed by atoms with Crippen LogP contribution in [-0.2, 0) is 26.1 Å². The van der Waals surface area contributed by atoms with Gasteiger partial charge in [0.1, 0.15) is 0 Å². The largest absolute Gasteiger partial charge is 0.294 e. The van der Waals surface area contributed by atoms with E-state index in [4.69, 9.17) is 4.98 Å². The van der Waals surface area contributed by atoms with Crippen LogP contribution < -0.4 is 0 Å². The summed E-state index contributed by atoms with van der Waals surface area (Å²) in [6, 6.07) is 14.3. The maximum atomic E-state index is 4.79. The normalized spacial score (nSPS) is 13.9. The highest BCUT2D eigenvalue weighted by Crippen LogP contribution is 2.21. The molecular formula is C23H22N6. The Morgan fingerprint density at radius 1 is 0.897 bits per heavy atom. The van der Waals surface area contributed by atoms with Crippen LogP contribution in [0.4, 0.5) is 0 Å². The van der Waals surface area contributed by atoms with Crippen LogP contribution in [0.2, 0.25) is 0 Å². The quantitative estimate of drug-likeness (QED) is 0.530. The summed E-state index contributed by atoms with van der Waals surface area (Å²) in [6.07, 6.45) is 10.6. The van der Waals surface area contributed by atoms with Crippen molar-refractivity contribution in [2.45, 2.75) is 26.1 Å². The molecule has 29 heavy (non-hydrogen) atoms. The monoisotopic (exact) mass is 382 g/mol. The number of hydrogen-bond donors (Lipinski definition) is 0. The van der Waals surface area contributed by atoms with Crippen LogP contribution in [0.5, 0.6) is 0 Å². The standard InChI is InChI=1S/C23H22N6/c1-2-4-18(5-3-1)15-29-16-19(12-26-29)14-28-11-8-22-21(17-28)13-25-23(27-22)20-6-9-24-10-7-20/h1-7,9-10,12-13,16H,8,11,14-15,17H2. The Morgan fingerprint density at radius 2 is 1.76 bits per heavy atom. The number of nitrogens with zero attached hydrogens (tertiary/aromatic N) is 6. The fraction of sp³-hybridized carbons (Fsp3) is 0.217. The Balaban J connectivity index is 1.25. The molecule has 4 aromatic rings. The molecule has 6 nitrogen and oxygen atoms in total. The van der Waals surface area contributed by atoms with Gasteiger partial charge in [-0.2, -0.15) is 5.10 Å². The van der Waals surface area contributed by atoms with E-state index < -0.39 is 0 Å². The third-order valence-electron chi connectivity index (χ3n) is 5.23. The molecule has 0 N–H and O–H groups in total. The summed E-state index contributed by atoms with van der Waals surface area (Å²) < 4.78 is 2.01. The van der Waals surface area contributed by atoms with Crippen molar-refractivity contribution in [1.82, 2.24) is 29.6 Å². The first-order valence-electron chi connectivity index (χ1n) is 9.86. The van der Waals surface area contributed by atoms with Crippen molar-refractivity contribution >= 4 is 0 Å². The summed E-state index contributed by atoms with van der Waals surface area (Å²) in [7, 11) is 0. The zero-order chi connectivity index (χ0) is 19.5. The number of hydrogen-bond acceptors (Lipinski definition) is 5. The second-order valence-electron chi connectivity index (χ2n) is 7.39. The number of pyridine rings is 1. The molecule has 1 aromatic carbocycles. The van der Waals surface area contributed by atoms with Crippen molar-refractivity contribution in [3.63, 3.8) is 0 Å². The maximum Gasteiger partial charge on any atom is 0.159 e. The van der Waals surface area contributed by atoms with Crippen molar-refractivity contribution < 1.29 is 0 Å². The minimum absolute atomic E-state index is 0.779. The van der Waals surface area contributed by atoms with E-state index in [1.165, 1.54) is 16.7 Å². The third-order valence-corrected chi connectivity index (χ3v) is 5.23. The Bertz CT molecular complexity index is 1090.